The third kappa shape index (κ3) is 7.66. The second-order valence-corrected chi connectivity index (χ2v) is 15.3. The van der Waals surface area contributed by atoms with Gasteiger partial charge in [0.2, 0.25) is 0 Å². The zero-order valence-electron chi connectivity index (χ0n) is 31.9. The minimum atomic E-state index is -0.916. The molecule has 0 radical (unpaired) electrons. The lowest BCUT2D eigenvalue weighted by Crippen LogP contribution is -2.38. The highest BCUT2D eigenvalue weighted by Gasteiger charge is 2.29. The number of hydrogen-bond donors (Lipinski definition) is 2. The molecule has 290 valence electrons. The maximum atomic E-state index is 13.6. The Morgan fingerprint density at radius 1 is 0.914 bits per heavy atom. The van der Waals surface area contributed by atoms with Crippen LogP contribution in [0.3, 0.4) is 0 Å². The first-order valence-corrected chi connectivity index (χ1v) is 19.8. The number of fused-ring (bicyclic) bond motifs is 4. The molecule has 6 aromatic rings. The number of ether oxygens (including phenoxy) is 1. The molecule has 0 spiro atoms. The lowest BCUT2D eigenvalue weighted by atomic mass is 9.78. The van der Waals surface area contributed by atoms with Gasteiger partial charge >= 0.3 is 7.12 Å². The Bertz CT molecular complexity index is 2570. The lowest BCUT2D eigenvalue weighted by molar-refractivity contribution is -0.123. The summed E-state index contributed by atoms with van der Waals surface area (Å²) in [6.45, 7) is 4.21. The zero-order valence-corrected chi connectivity index (χ0v) is 32.7. The molecule has 0 unspecified atom stereocenters. The van der Waals surface area contributed by atoms with E-state index in [-0.39, 0.29) is 18.4 Å². The molecule has 2 amide bonds. The average molecular weight is 791 g/mol. The van der Waals surface area contributed by atoms with E-state index >= 15 is 0 Å². The number of piperidine rings is 1. The highest BCUT2D eigenvalue weighted by molar-refractivity contribution is 6.61. The second-order valence-electron chi connectivity index (χ2n) is 14.9. The van der Waals surface area contributed by atoms with E-state index in [0.29, 0.717) is 55.0 Å². The predicted octanol–water partition coefficient (Wildman–Crippen LogP) is 6.18. The molecule has 1 aromatic heterocycles. The molecule has 3 aliphatic rings. The number of halogens is 1. The van der Waals surface area contributed by atoms with Gasteiger partial charge in [0.15, 0.2) is 12.4 Å². The van der Waals surface area contributed by atoms with Crippen LogP contribution in [0, 0.1) is 6.92 Å². The number of likely N-dealkylation sites (tertiary alicyclic amines) is 1. The van der Waals surface area contributed by atoms with Crippen molar-refractivity contribution in [3.05, 3.63) is 159 Å². The van der Waals surface area contributed by atoms with Gasteiger partial charge in [0.25, 0.3) is 11.8 Å². The molecule has 3 aliphatic heterocycles. The number of aliphatic imine (C=N–C) groups is 1. The van der Waals surface area contributed by atoms with Gasteiger partial charge in [-0.05, 0) is 101 Å². The fraction of sp³-hybridized carbons (Fsp3) is 0.222. The molecule has 5 aromatic carbocycles. The van der Waals surface area contributed by atoms with E-state index in [4.69, 9.17) is 26.0 Å². The van der Waals surface area contributed by atoms with Gasteiger partial charge in [-0.2, -0.15) is 0 Å². The van der Waals surface area contributed by atoms with Crippen LogP contribution in [-0.2, 0) is 29.1 Å². The normalized spacial score (nSPS) is 14.9. The van der Waals surface area contributed by atoms with Crippen molar-refractivity contribution >= 4 is 41.7 Å². The standard InChI is InChI=1S/C45H40BClN6O5/c1-28-50-51-42-25-49-44(31-10-12-37(47)13-11-31)39-23-38(14-15-41(39)53(28)42)57-27-43(54)48-24-29-4-2-5-32(20-29)30-16-18-52(19-17-30)45(55)35-7-3-6-33(21-35)34-8-9-36-26-58-46(56)40(36)22-34/h2-15,20-23,30,56H,16-19,24-27H2,1H3,(H,48,54). The van der Waals surface area contributed by atoms with Crippen LogP contribution < -0.4 is 15.5 Å². The molecule has 11 nitrogen and oxygen atoms in total. The van der Waals surface area contributed by atoms with Crippen LogP contribution in [-0.4, -0.2) is 69.0 Å². The third-order valence-electron chi connectivity index (χ3n) is 11.2. The van der Waals surface area contributed by atoms with Crippen molar-refractivity contribution in [3.8, 4) is 22.6 Å². The minimum Gasteiger partial charge on any atom is -0.484 e. The Labute approximate surface area is 341 Å². The maximum Gasteiger partial charge on any atom is 0.491 e. The molecule has 1 saturated heterocycles. The van der Waals surface area contributed by atoms with Crippen LogP contribution in [0.15, 0.2) is 114 Å². The van der Waals surface area contributed by atoms with E-state index in [0.717, 1.165) is 74.7 Å². The quantitative estimate of drug-likeness (QED) is 0.167. The summed E-state index contributed by atoms with van der Waals surface area (Å²) in [5.74, 6) is 2.13. The summed E-state index contributed by atoms with van der Waals surface area (Å²) < 4.78 is 13.4. The minimum absolute atomic E-state index is 0.0178. The first kappa shape index (κ1) is 37.5. The monoisotopic (exact) mass is 790 g/mol. The molecule has 13 heteroatoms. The molecule has 2 N–H and O–H groups in total. The molecule has 4 heterocycles. The van der Waals surface area contributed by atoms with Crippen molar-refractivity contribution in [1.82, 2.24) is 25.0 Å². The van der Waals surface area contributed by atoms with Crippen LogP contribution in [0.2, 0.25) is 5.02 Å². The van der Waals surface area contributed by atoms with Gasteiger partial charge in [0, 0.05) is 41.3 Å². The number of nitrogens with one attached hydrogen (secondary N) is 1. The van der Waals surface area contributed by atoms with E-state index in [1.54, 1.807) is 0 Å². The number of carbonyl (C=O) groups excluding carboxylic acids is 2. The van der Waals surface area contributed by atoms with Crippen LogP contribution in [0.25, 0.3) is 16.8 Å². The fourth-order valence-electron chi connectivity index (χ4n) is 8.08. The van der Waals surface area contributed by atoms with Crippen molar-refractivity contribution < 1.29 is 24.0 Å². The van der Waals surface area contributed by atoms with Crippen molar-refractivity contribution in [2.45, 2.75) is 45.4 Å². The number of benzene rings is 5. The first-order valence-electron chi connectivity index (χ1n) is 19.4. The van der Waals surface area contributed by atoms with E-state index < -0.39 is 7.12 Å². The summed E-state index contributed by atoms with van der Waals surface area (Å²) in [6, 6.07) is 35.2. The van der Waals surface area contributed by atoms with Gasteiger partial charge in [-0.15, -0.1) is 10.2 Å². The fourth-order valence-corrected chi connectivity index (χ4v) is 8.21. The van der Waals surface area contributed by atoms with Gasteiger partial charge in [0.05, 0.1) is 18.0 Å². The number of aromatic nitrogens is 3. The zero-order chi connectivity index (χ0) is 39.8. The molecule has 58 heavy (non-hydrogen) atoms. The molecular weight excluding hydrogens is 751 g/mol. The highest BCUT2D eigenvalue weighted by Crippen LogP contribution is 2.32. The molecule has 0 aliphatic carbocycles. The van der Waals surface area contributed by atoms with Crippen molar-refractivity contribution in [2.24, 2.45) is 4.99 Å². The smallest absolute Gasteiger partial charge is 0.484 e. The predicted molar refractivity (Wildman–Crippen MR) is 223 cm³/mol. The molecule has 1 fully saturated rings. The number of carbonyl (C=O) groups is 2. The van der Waals surface area contributed by atoms with E-state index in [1.165, 1.54) is 5.56 Å². The summed E-state index contributed by atoms with van der Waals surface area (Å²) in [4.78, 5) is 33.5. The average Bonchev–Trinajstić information content (AvgIpc) is 3.77. The number of amides is 2. The van der Waals surface area contributed by atoms with E-state index in [1.807, 2.05) is 113 Å². The van der Waals surface area contributed by atoms with Gasteiger partial charge < -0.3 is 24.6 Å². The first-order chi connectivity index (χ1) is 28.3. The molecule has 0 saturated carbocycles. The summed E-state index contributed by atoms with van der Waals surface area (Å²) >= 11 is 6.19. The topological polar surface area (TPSA) is 131 Å². The largest absolute Gasteiger partial charge is 0.491 e. The molecular formula is C45H40BClN6O5. The molecule has 9 rings (SSSR count). The number of nitrogens with zero attached hydrogens (tertiary/aromatic N) is 5. The Balaban J connectivity index is 0.800. The highest BCUT2D eigenvalue weighted by atomic mass is 35.5. The summed E-state index contributed by atoms with van der Waals surface area (Å²) in [6.07, 6.45) is 1.70. The Morgan fingerprint density at radius 3 is 2.55 bits per heavy atom. The Hall–Kier alpha value is -6.08. The van der Waals surface area contributed by atoms with E-state index in [2.05, 4.69) is 27.6 Å². The van der Waals surface area contributed by atoms with E-state index in [9.17, 15) is 14.6 Å². The number of rotatable bonds is 9. The maximum absolute atomic E-state index is 13.6. The van der Waals surface area contributed by atoms with Gasteiger partial charge in [-0.3, -0.25) is 19.1 Å². The van der Waals surface area contributed by atoms with Gasteiger partial charge in [0.1, 0.15) is 18.1 Å². The van der Waals surface area contributed by atoms with Crippen molar-refractivity contribution in [2.75, 3.05) is 19.7 Å². The van der Waals surface area contributed by atoms with Gasteiger partial charge in [-0.25, -0.2) is 0 Å². The Morgan fingerprint density at radius 2 is 1.71 bits per heavy atom. The third-order valence-corrected chi connectivity index (χ3v) is 11.4. The van der Waals surface area contributed by atoms with Gasteiger partial charge in [-0.1, -0.05) is 78.3 Å². The number of hydrogen-bond acceptors (Lipinski definition) is 8. The summed E-state index contributed by atoms with van der Waals surface area (Å²) in [7, 11) is -0.916. The molecule has 0 bridgehead atoms. The SMILES string of the molecule is Cc1nnc2n1-c1ccc(OCC(=O)NCc3cccc(C4CCN(C(=O)c5cccc(-c6ccc7c(c6)B(O)OC7)c5)CC4)c3)cc1C(c1ccc(Cl)cc1)=NC2. The number of aryl methyl sites for hydroxylation is 1. The van der Waals surface area contributed by atoms with Crippen LogP contribution in [0.4, 0.5) is 0 Å². The van der Waals surface area contributed by atoms with Crippen LogP contribution in [0.1, 0.15) is 68.6 Å². The Kier molecular flexibility index (Phi) is 10.4. The van der Waals surface area contributed by atoms with Crippen LogP contribution in [0.5, 0.6) is 5.75 Å². The second kappa shape index (κ2) is 16.1. The summed E-state index contributed by atoms with van der Waals surface area (Å²) in [5, 5.41) is 22.4. The van der Waals surface area contributed by atoms with Crippen molar-refractivity contribution in [3.63, 3.8) is 0 Å². The molecule has 0 atom stereocenters. The van der Waals surface area contributed by atoms with Crippen molar-refractivity contribution in [1.29, 1.82) is 0 Å². The summed E-state index contributed by atoms with van der Waals surface area (Å²) in [5.41, 5.74) is 9.88. The lowest BCUT2D eigenvalue weighted by Gasteiger charge is -2.32. The van der Waals surface area contributed by atoms with Crippen LogP contribution >= 0.6 is 11.6 Å².